The fourth-order valence-electron chi connectivity index (χ4n) is 2.57. The van der Waals surface area contributed by atoms with Gasteiger partial charge in [0.05, 0.1) is 23.2 Å². The Bertz CT molecular complexity index is 1050. The lowest BCUT2D eigenvalue weighted by atomic mass is 10.2. The molecule has 126 valence electrons. The Morgan fingerprint density at radius 2 is 2.20 bits per heavy atom. The molecule has 3 aromatic heterocycles. The van der Waals surface area contributed by atoms with Crippen molar-refractivity contribution in [3.05, 3.63) is 42.1 Å². The van der Waals surface area contributed by atoms with Gasteiger partial charge < -0.3 is 13.7 Å². The van der Waals surface area contributed by atoms with Gasteiger partial charge in [0, 0.05) is 13.2 Å². The van der Waals surface area contributed by atoms with Gasteiger partial charge in [-0.25, -0.2) is 14.8 Å². The number of rotatable bonds is 4. The van der Waals surface area contributed by atoms with E-state index in [0.717, 1.165) is 5.52 Å². The van der Waals surface area contributed by atoms with Crippen LogP contribution in [0.5, 0.6) is 0 Å². The van der Waals surface area contributed by atoms with E-state index in [-0.39, 0.29) is 5.97 Å². The second-order valence-electron chi connectivity index (χ2n) is 5.39. The van der Waals surface area contributed by atoms with Crippen LogP contribution in [0.1, 0.15) is 17.3 Å². The highest BCUT2D eigenvalue weighted by Crippen LogP contribution is 2.24. The Balaban J connectivity index is 1.69. The normalized spacial score (nSPS) is 11.1. The van der Waals surface area contributed by atoms with Crippen molar-refractivity contribution in [3.63, 3.8) is 0 Å². The van der Waals surface area contributed by atoms with Crippen LogP contribution >= 0.6 is 0 Å². The number of anilines is 2. The van der Waals surface area contributed by atoms with Crippen molar-refractivity contribution >= 4 is 40.2 Å². The predicted molar refractivity (Wildman–Crippen MR) is 91.8 cm³/mol. The SMILES string of the molecule is CCOC(=O)c1ccc2c(c1)nc(Nc1nc3ncccc3o1)n2C. The van der Waals surface area contributed by atoms with Gasteiger partial charge in [-0.2, -0.15) is 4.98 Å². The standard InChI is InChI=1S/C17H15N5O3/c1-3-24-15(23)10-6-7-12-11(9-10)19-16(22(12)2)21-17-20-14-13(25-17)5-4-8-18-14/h4-9H,3H2,1-2H3,(H,18,19,20,21). The van der Waals surface area contributed by atoms with Crippen LogP contribution in [0.4, 0.5) is 12.0 Å². The van der Waals surface area contributed by atoms with Crippen molar-refractivity contribution in [2.24, 2.45) is 7.05 Å². The van der Waals surface area contributed by atoms with Crippen LogP contribution in [0.3, 0.4) is 0 Å². The number of carbonyl (C=O) groups is 1. The molecule has 3 heterocycles. The number of imidazole rings is 1. The molecule has 0 radical (unpaired) electrons. The fourth-order valence-corrected chi connectivity index (χ4v) is 2.57. The molecule has 1 N–H and O–H groups in total. The van der Waals surface area contributed by atoms with Crippen molar-refractivity contribution in [1.29, 1.82) is 0 Å². The highest BCUT2D eigenvalue weighted by Gasteiger charge is 2.14. The summed E-state index contributed by atoms with van der Waals surface area (Å²) >= 11 is 0. The van der Waals surface area contributed by atoms with Crippen LogP contribution in [-0.4, -0.2) is 32.1 Å². The number of hydrogen-bond donors (Lipinski definition) is 1. The lowest BCUT2D eigenvalue weighted by molar-refractivity contribution is 0.0526. The number of esters is 1. The highest BCUT2D eigenvalue weighted by molar-refractivity contribution is 5.94. The summed E-state index contributed by atoms with van der Waals surface area (Å²) in [6.07, 6.45) is 1.65. The van der Waals surface area contributed by atoms with Gasteiger partial charge in [0.2, 0.25) is 11.6 Å². The fraction of sp³-hybridized carbons (Fsp3) is 0.176. The number of oxazole rings is 1. The van der Waals surface area contributed by atoms with E-state index in [2.05, 4.69) is 20.3 Å². The van der Waals surface area contributed by atoms with Crippen LogP contribution in [0.2, 0.25) is 0 Å². The molecule has 0 aliphatic carbocycles. The van der Waals surface area contributed by atoms with Crippen molar-refractivity contribution < 1.29 is 13.9 Å². The molecule has 0 aliphatic rings. The van der Waals surface area contributed by atoms with E-state index in [1.54, 1.807) is 37.4 Å². The molecule has 4 aromatic rings. The number of nitrogens with zero attached hydrogens (tertiary/aromatic N) is 4. The monoisotopic (exact) mass is 337 g/mol. The maximum absolute atomic E-state index is 11.9. The van der Waals surface area contributed by atoms with Crippen LogP contribution in [0, 0.1) is 0 Å². The maximum atomic E-state index is 11.9. The van der Waals surface area contributed by atoms with Crippen LogP contribution in [0.15, 0.2) is 40.9 Å². The summed E-state index contributed by atoms with van der Waals surface area (Å²) in [5, 5.41) is 3.04. The minimum Gasteiger partial charge on any atom is -0.462 e. The average molecular weight is 337 g/mol. The number of hydrogen-bond acceptors (Lipinski definition) is 7. The smallest absolute Gasteiger partial charge is 0.338 e. The molecule has 0 saturated carbocycles. The summed E-state index contributed by atoms with van der Waals surface area (Å²) in [5.74, 6) is 0.178. The van der Waals surface area contributed by atoms with Gasteiger partial charge in [-0.15, -0.1) is 0 Å². The van der Waals surface area contributed by atoms with Gasteiger partial charge in [0.1, 0.15) is 0 Å². The summed E-state index contributed by atoms with van der Waals surface area (Å²) in [6, 6.07) is 9.12. The first-order valence-electron chi connectivity index (χ1n) is 7.78. The molecule has 8 heteroatoms. The highest BCUT2D eigenvalue weighted by atomic mass is 16.5. The molecule has 0 unspecified atom stereocenters. The van der Waals surface area contributed by atoms with Crippen molar-refractivity contribution in [3.8, 4) is 0 Å². The summed E-state index contributed by atoms with van der Waals surface area (Å²) in [7, 11) is 1.86. The van der Waals surface area contributed by atoms with E-state index in [9.17, 15) is 4.79 Å². The second-order valence-corrected chi connectivity index (χ2v) is 5.39. The zero-order valence-corrected chi connectivity index (χ0v) is 13.7. The first-order chi connectivity index (χ1) is 12.2. The van der Waals surface area contributed by atoms with Crippen LogP contribution in [0.25, 0.3) is 22.3 Å². The summed E-state index contributed by atoms with van der Waals surface area (Å²) < 4.78 is 12.5. The first kappa shape index (κ1) is 15.1. The van der Waals surface area contributed by atoms with Crippen LogP contribution < -0.4 is 5.32 Å². The van der Waals surface area contributed by atoms with E-state index in [0.29, 0.717) is 40.9 Å². The van der Waals surface area contributed by atoms with Gasteiger partial charge in [-0.1, -0.05) is 0 Å². The molecule has 25 heavy (non-hydrogen) atoms. The van der Waals surface area contributed by atoms with Crippen LogP contribution in [-0.2, 0) is 11.8 Å². The molecular formula is C17H15N5O3. The Labute approximate surface area is 142 Å². The quantitative estimate of drug-likeness (QED) is 0.572. The third kappa shape index (κ3) is 2.67. The lowest BCUT2D eigenvalue weighted by Gasteiger charge is -2.02. The Morgan fingerprint density at radius 3 is 3.00 bits per heavy atom. The van der Waals surface area contributed by atoms with E-state index in [4.69, 9.17) is 9.15 Å². The molecule has 0 bridgehead atoms. The zero-order chi connectivity index (χ0) is 17.4. The Morgan fingerprint density at radius 1 is 1.32 bits per heavy atom. The number of benzene rings is 1. The van der Waals surface area contributed by atoms with E-state index >= 15 is 0 Å². The molecule has 0 aliphatic heterocycles. The number of pyridine rings is 1. The largest absolute Gasteiger partial charge is 0.462 e. The number of aryl methyl sites for hydroxylation is 1. The first-order valence-corrected chi connectivity index (χ1v) is 7.78. The number of fused-ring (bicyclic) bond motifs is 2. The van der Waals surface area contributed by atoms with Crippen molar-refractivity contribution in [2.75, 3.05) is 11.9 Å². The number of ether oxygens (including phenoxy) is 1. The van der Waals surface area contributed by atoms with E-state index in [1.807, 2.05) is 17.7 Å². The minimum atomic E-state index is -0.366. The number of aromatic nitrogens is 4. The van der Waals surface area contributed by atoms with E-state index < -0.39 is 0 Å². The third-order valence-electron chi connectivity index (χ3n) is 3.78. The second kappa shape index (κ2) is 5.90. The van der Waals surface area contributed by atoms with Gasteiger partial charge in [0.15, 0.2) is 5.58 Å². The van der Waals surface area contributed by atoms with Gasteiger partial charge >= 0.3 is 12.0 Å². The Hall–Kier alpha value is -3.42. The summed E-state index contributed by atoms with van der Waals surface area (Å²) in [4.78, 5) is 24.8. The third-order valence-corrected chi connectivity index (χ3v) is 3.78. The van der Waals surface area contributed by atoms with E-state index in [1.165, 1.54) is 0 Å². The Kier molecular flexibility index (Phi) is 3.57. The maximum Gasteiger partial charge on any atom is 0.338 e. The number of carbonyl (C=O) groups excluding carboxylic acids is 1. The molecule has 0 spiro atoms. The summed E-state index contributed by atoms with van der Waals surface area (Å²) in [6.45, 7) is 2.10. The number of nitrogens with one attached hydrogen (secondary N) is 1. The summed E-state index contributed by atoms with van der Waals surface area (Å²) in [5.41, 5.74) is 3.11. The lowest BCUT2D eigenvalue weighted by Crippen LogP contribution is -2.04. The van der Waals surface area contributed by atoms with Gasteiger partial charge in [-0.3, -0.25) is 5.32 Å². The molecule has 1 aromatic carbocycles. The van der Waals surface area contributed by atoms with Gasteiger partial charge in [0.25, 0.3) is 0 Å². The molecule has 8 nitrogen and oxygen atoms in total. The van der Waals surface area contributed by atoms with Crippen molar-refractivity contribution in [1.82, 2.24) is 19.5 Å². The minimum absolute atomic E-state index is 0.303. The molecule has 0 atom stereocenters. The molecule has 0 saturated heterocycles. The van der Waals surface area contributed by atoms with Gasteiger partial charge in [-0.05, 0) is 37.3 Å². The molecular weight excluding hydrogens is 322 g/mol. The predicted octanol–water partition coefficient (Wildman–Crippen LogP) is 3.03. The topological polar surface area (TPSA) is 95.1 Å². The molecule has 4 rings (SSSR count). The average Bonchev–Trinajstić information content (AvgIpc) is 3.16. The molecule has 0 amide bonds. The zero-order valence-electron chi connectivity index (χ0n) is 13.7. The molecule has 0 fully saturated rings. The van der Waals surface area contributed by atoms with Crippen molar-refractivity contribution in [2.45, 2.75) is 6.92 Å².